The minimum atomic E-state index is -0.407. The molecule has 5 heteroatoms. The van der Waals surface area contributed by atoms with E-state index >= 15 is 0 Å². The van der Waals surface area contributed by atoms with Gasteiger partial charge >= 0.3 is 11.2 Å². The molecular weight excluding hydrogens is 238 g/mol. The predicted octanol–water partition coefficient (Wildman–Crippen LogP) is 2.61. The maximum atomic E-state index is 11.5. The second-order valence-corrected chi connectivity index (χ2v) is 4.45. The Kier molecular flexibility index (Phi) is 4.69. The molecule has 1 unspecified atom stereocenters. The maximum absolute atomic E-state index is 11.5. The maximum Gasteiger partial charge on any atom is 0.338 e. The average Bonchev–Trinajstić information content (AvgIpc) is 2.31. The lowest BCUT2D eigenvalue weighted by Gasteiger charge is -2.17. The number of hydrogen-bond donors (Lipinski definition) is 0. The van der Waals surface area contributed by atoms with Crippen LogP contribution in [0.2, 0.25) is 0 Å². The number of carbonyl (C=O) groups is 2. The normalized spacial score (nSPS) is 21.9. The fourth-order valence-electron chi connectivity index (χ4n) is 1.56. The Balaban J connectivity index is 3.10. The van der Waals surface area contributed by atoms with Crippen molar-refractivity contribution in [2.75, 3.05) is 13.4 Å². The van der Waals surface area contributed by atoms with Crippen LogP contribution in [-0.2, 0) is 9.53 Å². The zero-order chi connectivity index (χ0) is 13.0. The van der Waals surface area contributed by atoms with E-state index in [0.29, 0.717) is 11.3 Å². The summed E-state index contributed by atoms with van der Waals surface area (Å²) in [5, 5.41) is -0.264. The smallest absolute Gasteiger partial charge is 0.338 e. The first-order valence-electron chi connectivity index (χ1n) is 5.15. The third-order valence-electron chi connectivity index (χ3n) is 2.48. The molecule has 0 spiro atoms. The number of carbonyl (C=O) groups excluding carboxylic acids is 2. The van der Waals surface area contributed by atoms with Crippen LogP contribution < -0.4 is 0 Å². The van der Waals surface area contributed by atoms with Gasteiger partial charge in [-0.2, -0.15) is 0 Å². The van der Waals surface area contributed by atoms with E-state index in [0.717, 1.165) is 17.3 Å². The fraction of sp³-hybridized carbons (Fsp3) is 0.417. The quantitative estimate of drug-likeness (QED) is 0.674. The van der Waals surface area contributed by atoms with Gasteiger partial charge in [-0.05, 0) is 24.8 Å². The minimum absolute atomic E-state index is 0.0273. The zero-order valence-electron chi connectivity index (χ0n) is 10.3. The lowest BCUT2D eigenvalue weighted by atomic mass is 9.91. The molecule has 0 heterocycles. The molecule has 0 bridgehead atoms. The van der Waals surface area contributed by atoms with Gasteiger partial charge in [0.25, 0.3) is 0 Å². The molecule has 0 aliphatic heterocycles. The molecule has 1 amide bonds. The van der Waals surface area contributed by atoms with Gasteiger partial charge in [-0.3, -0.25) is 4.79 Å². The van der Waals surface area contributed by atoms with Crippen molar-refractivity contribution in [1.29, 1.82) is 0 Å². The molecule has 0 aromatic carbocycles. The molecule has 1 rings (SSSR count). The first-order valence-corrected chi connectivity index (χ1v) is 6.37. The number of nitrogens with zero attached hydrogens (tertiary/aromatic N) is 1. The number of amides is 1. The van der Waals surface area contributed by atoms with E-state index in [1.165, 1.54) is 7.11 Å². The second-order valence-electron chi connectivity index (χ2n) is 3.69. The molecule has 0 saturated carbocycles. The first kappa shape index (κ1) is 13.7. The van der Waals surface area contributed by atoms with Crippen LogP contribution in [0.3, 0.4) is 0 Å². The van der Waals surface area contributed by atoms with Gasteiger partial charge in [0.15, 0.2) is 0 Å². The summed E-state index contributed by atoms with van der Waals surface area (Å²) in [6, 6.07) is 0. The molecule has 0 fully saturated rings. The lowest BCUT2D eigenvalue weighted by Crippen LogP contribution is -2.18. The highest BCUT2D eigenvalue weighted by molar-refractivity contribution is 8.13. The number of ether oxygens (including phenoxy) is 1. The van der Waals surface area contributed by atoms with Crippen molar-refractivity contribution in [2.45, 2.75) is 13.8 Å². The number of hydrogen-bond acceptors (Lipinski definition) is 4. The van der Waals surface area contributed by atoms with Crippen LogP contribution >= 0.6 is 11.8 Å². The topological polar surface area (TPSA) is 55.7 Å². The largest absolute Gasteiger partial charge is 0.465 e. The van der Waals surface area contributed by atoms with Crippen LogP contribution in [-0.4, -0.2) is 30.3 Å². The molecule has 1 aliphatic rings. The SMILES string of the molecule is COC(=O)C1=CC(=NC(=O)SC)C(C)C=C1C. The van der Waals surface area contributed by atoms with Crippen molar-refractivity contribution >= 4 is 28.7 Å². The van der Waals surface area contributed by atoms with Crippen molar-refractivity contribution in [3.05, 3.63) is 23.3 Å². The summed E-state index contributed by atoms with van der Waals surface area (Å²) in [6.07, 6.45) is 5.20. The third-order valence-corrected chi connectivity index (χ3v) is 2.92. The number of methoxy groups -OCH3 is 1. The Morgan fingerprint density at radius 2 is 2.12 bits per heavy atom. The molecule has 0 aromatic heterocycles. The molecule has 1 aliphatic carbocycles. The highest BCUT2D eigenvalue weighted by Crippen LogP contribution is 2.22. The van der Waals surface area contributed by atoms with Crippen LogP contribution in [0.1, 0.15) is 13.8 Å². The van der Waals surface area contributed by atoms with Crippen molar-refractivity contribution < 1.29 is 14.3 Å². The standard InChI is InChI=1S/C12H15NO3S/c1-7-5-8(2)10(13-12(15)17-4)6-9(7)11(14)16-3/h5-6,8H,1-4H3. The number of aliphatic imine (C=N–C) groups is 1. The predicted molar refractivity (Wildman–Crippen MR) is 69.4 cm³/mol. The van der Waals surface area contributed by atoms with E-state index in [2.05, 4.69) is 9.73 Å². The van der Waals surface area contributed by atoms with Gasteiger partial charge in [0.05, 0.1) is 18.4 Å². The van der Waals surface area contributed by atoms with Gasteiger partial charge in [-0.1, -0.05) is 24.8 Å². The van der Waals surface area contributed by atoms with Gasteiger partial charge in [0.1, 0.15) is 0 Å². The van der Waals surface area contributed by atoms with E-state index in [1.54, 1.807) is 12.3 Å². The van der Waals surface area contributed by atoms with E-state index in [9.17, 15) is 9.59 Å². The van der Waals surface area contributed by atoms with Crippen LogP contribution in [0.25, 0.3) is 0 Å². The average molecular weight is 253 g/mol. The molecular formula is C12H15NO3S. The second kappa shape index (κ2) is 5.82. The highest BCUT2D eigenvalue weighted by Gasteiger charge is 2.21. The number of rotatable bonds is 1. The number of allylic oxidation sites excluding steroid dienone is 2. The van der Waals surface area contributed by atoms with Crippen molar-refractivity contribution in [2.24, 2.45) is 10.9 Å². The van der Waals surface area contributed by atoms with Gasteiger partial charge in [-0.15, -0.1) is 0 Å². The molecule has 0 radical (unpaired) electrons. The van der Waals surface area contributed by atoms with Crippen LogP contribution in [0.4, 0.5) is 4.79 Å². The summed E-state index contributed by atoms with van der Waals surface area (Å²) in [5.41, 5.74) is 1.90. The molecule has 0 aromatic rings. The van der Waals surface area contributed by atoms with E-state index in [4.69, 9.17) is 0 Å². The van der Waals surface area contributed by atoms with E-state index in [1.807, 2.05) is 19.9 Å². The van der Waals surface area contributed by atoms with Crippen LogP contribution in [0.15, 0.2) is 28.3 Å². The number of esters is 1. The summed E-state index contributed by atoms with van der Waals surface area (Å²) in [4.78, 5) is 26.7. The van der Waals surface area contributed by atoms with Crippen LogP contribution in [0.5, 0.6) is 0 Å². The molecule has 92 valence electrons. The molecule has 1 atom stereocenters. The monoisotopic (exact) mass is 253 g/mol. The van der Waals surface area contributed by atoms with Crippen molar-refractivity contribution in [3.63, 3.8) is 0 Å². The lowest BCUT2D eigenvalue weighted by molar-refractivity contribution is -0.135. The van der Waals surface area contributed by atoms with Crippen molar-refractivity contribution in [3.8, 4) is 0 Å². The van der Waals surface area contributed by atoms with Crippen LogP contribution in [0, 0.1) is 5.92 Å². The fourth-order valence-corrected chi connectivity index (χ4v) is 1.76. The molecule has 17 heavy (non-hydrogen) atoms. The van der Waals surface area contributed by atoms with E-state index < -0.39 is 5.97 Å². The first-order chi connectivity index (χ1) is 7.99. The van der Waals surface area contributed by atoms with E-state index in [-0.39, 0.29) is 11.2 Å². The summed E-state index contributed by atoms with van der Waals surface area (Å²) >= 11 is 1.04. The van der Waals surface area contributed by atoms with Gasteiger partial charge in [0, 0.05) is 5.92 Å². The zero-order valence-corrected chi connectivity index (χ0v) is 11.1. The Hall–Kier alpha value is -1.36. The minimum Gasteiger partial charge on any atom is -0.465 e. The number of thioether (sulfide) groups is 1. The Morgan fingerprint density at radius 1 is 1.47 bits per heavy atom. The summed E-state index contributed by atoms with van der Waals surface area (Å²) < 4.78 is 4.68. The molecule has 0 saturated heterocycles. The Bertz CT molecular complexity index is 435. The Labute approximate surface area is 105 Å². The third kappa shape index (κ3) is 3.30. The van der Waals surface area contributed by atoms with Gasteiger partial charge in [0.2, 0.25) is 0 Å². The van der Waals surface area contributed by atoms with Crippen molar-refractivity contribution in [1.82, 2.24) is 0 Å². The highest BCUT2D eigenvalue weighted by atomic mass is 32.2. The summed E-state index contributed by atoms with van der Waals surface area (Å²) in [6.45, 7) is 3.77. The Morgan fingerprint density at radius 3 is 2.65 bits per heavy atom. The summed E-state index contributed by atoms with van der Waals surface area (Å²) in [5.74, 6) is -0.380. The van der Waals surface area contributed by atoms with Gasteiger partial charge < -0.3 is 4.74 Å². The molecule has 0 N–H and O–H groups in total. The summed E-state index contributed by atoms with van der Waals surface area (Å²) in [7, 11) is 1.33. The van der Waals surface area contributed by atoms with Gasteiger partial charge in [-0.25, -0.2) is 9.79 Å². The molecule has 4 nitrogen and oxygen atoms in total.